The Morgan fingerprint density at radius 3 is 2.80 bits per heavy atom. The van der Waals surface area contributed by atoms with Crippen LogP contribution in [-0.2, 0) is 16.1 Å². The highest BCUT2D eigenvalue weighted by Gasteiger charge is 2.37. The topological polar surface area (TPSA) is 58.8 Å². The third-order valence-corrected chi connectivity index (χ3v) is 4.38. The van der Waals surface area contributed by atoms with Crippen LogP contribution in [0, 0.1) is 19.8 Å². The van der Waals surface area contributed by atoms with Gasteiger partial charge in [-0.25, -0.2) is 0 Å². The summed E-state index contributed by atoms with van der Waals surface area (Å²) in [6, 6.07) is 0.135. The number of aryl methyl sites for hydroxylation is 2. The molecule has 0 aromatic carbocycles. The Hall–Kier alpha value is -1.40. The molecule has 2 aliphatic rings. The van der Waals surface area contributed by atoms with Gasteiger partial charge < -0.3 is 14.2 Å². The molecular formula is C14H21N3O3. The summed E-state index contributed by atoms with van der Waals surface area (Å²) in [5.41, 5.74) is 2.08. The number of amides is 1. The molecular weight excluding hydrogens is 258 g/mol. The van der Waals surface area contributed by atoms with Crippen LogP contribution in [0.5, 0.6) is 0 Å². The normalized spacial score (nSPS) is 27.8. The van der Waals surface area contributed by atoms with Crippen molar-refractivity contribution in [2.75, 3.05) is 33.4 Å². The molecule has 0 spiro atoms. The van der Waals surface area contributed by atoms with Crippen LogP contribution < -0.4 is 0 Å². The minimum atomic E-state index is -0.0621. The van der Waals surface area contributed by atoms with E-state index in [0.717, 1.165) is 36.7 Å². The van der Waals surface area contributed by atoms with Crippen LogP contribution >= 0.6 is 0 Å². The predicted molar refractivity (Wildman–Crippen MR) is 72.1 cm³/mol. The Morgan fingerprint density at radius 1 is 1.30 bits per heavy atom. The van der Waals surface area contributed by atoms with Gasteiger partial charge in [-0.05, 0) is 13.8 Å². The quantitative estimate of drug-likeness (QED) is 0.792. The van der Waals surface area contributed by atoms with E-state index < -0.39 is 0 Å². The lowest BCUT2D eigenvalue weighted by Crippen LogP contribution is -2.43. The molecule has 2 fully saturated rings. The Morgan fingerprint density at radius 2 is 2.10 bits per heavy atom. The highest BCUT2D eigenvalue weighted by atomic mass is 16.5. The van der Waals surface area contributed by atoms with Gasteiger partial charge in [0.25, 0.3) is 0 Å². The average molecular weight is 279 g/mol. The molecule has 2 saturated heterocycles. The zero-order valence-electron chi connectivity index (χ0n) is 12.3. The smallest absolute Gasteiger partial charge is 0.229 e. The summed E-state index contributed by atoms with van der Waals surface area (Å²) in [7, 11) is 1.88. The number of hydrogen-bond acceptors (Lipinski definition) is 5. The average Bonchev–Trinajstić information content (AvgIpc) is 2.58. The second-order valence-corrected chi connectivity index (χ2v) is 5.83. The van der Waals surface area contributed by atoms with Crippen molar-refractivity contribution in [1.82, 2.24) is 15.0 Å². The maximum atomic E-state index is 12.3. The molecule has 0 unspecified atom stereocenters. The first-order chi connectivity index (χ1) is 9.56. The van der Waals surface area contributed by atoms with Crippen LogP contribution in [0.2, 0.25) is 0 Å². The van der Waals surface area contributed by atoms with Crippen LogP contribution in [0.1, 0.15) is 17.0 Å². The lowest BCUT2D eigenvalue weighted by atomic mass is 10.1. The van der Waals surface area contributed by atoms with Gasteiger partial charge in [0.1, 0.15) is 5.76 Å². The monoisotopic (exact) mass is 279 g/mol. The maximum Gasteiger partial charge on any atom is 0.229 e. The molecule has 6 nitrogen and oxygen atoms in total. The van der Waals surface area contributed by atoms with E-state index in [0.29, 0.717) is 13.2 Å². The molecule has 6 heteroatoms. The lowest BCUT2D eigenvalue weighted by molar-refractivity contribution is -0.133. The summed E-state index contributed by atoms with van der Waals surface area (Å²) < 4.78 is 10.8. The summed E-state index contributed by atoms with van der Waals surface area (Å²) in [6.45, 7) is 7.41. The summed E-state index contributed by atoms with van der Waals surface area (Å²) in [4.78, 5) is 16.5. The van der Waals surface area contributed by atoms with Crippen LogP contribution in [-0.4, -0.2) is 60.3 Å². The van der Waals surface area contributed by atoms with Gasteiger partial charge in [-0.15, -0.1) is 0 Å². The third kappa shape index (κ3) is 2.33. The van der Waals surface area contributed by atoms with Crippen LogP contribution in [0.3, 0.4) is 0 Å². The molecule has 2 atom stereocenters. The number of ether oxygens (including phenoxy) is 1. The van der Waals surface area contributed by atoms with Crippen molar-refractivity contribution in [2.45, 2.75) is 26.4 Å². The van der Waals surface area contributed by atoms with Crippen LogP contribution in [0.4, 0.5) is 0 Å². The summed E-state index contributed by atoms with van der Waals surface area (Å²) >= 11 is 0. The number of fused-ring (bicyclic) bond motifs is 3. The number of carbonyl (C=O) groups is 1. The largest absolute Gasteiger partial charge is 0.378 e. The fourth-order valence-electron chi connectivity index (χ4n) is 3.07. The van der Waals surface area contributed by atoms with Gasteiger partial charge >= 0.3 is 0 Å². The zero-order valence-corrected chi connectivity index (χ0v) is 12.3. The van der Waals surface area contributed by atoms with E-state index in [1.165, 1.54) is 0 Å². The molecule has 3 rings (SSSR count). The fourth-order valence-corrected chi connectivity index (χ4v) is 3.07. The number of rotatable bonds is 2. The van der Waals surface area contributed by atoms with Gasteiger partial charge in [0.2, 0.25) is 5.91 Å². The van der Waals surface area contributed by atoms with Crippen molar-refractivity contribution in [3.8, 4) is 0 Å². The lowest BCUT2D eigenvalue weighted by Gasteiger charge is -2.29. The molecule has 20 heavy (non-hydrogen) atoms. The molecule has 110 valence electrons. The number of hydrogen-bond donors (Lipinski definition) is 0. The van der Waals surface area contributed by atoms with Gasteiger partial charge in [-0.1, -0.05) is 5.16 Å². The van der Waals surface area contributed by atoms with Crippen LogP contribution in [0.25, 0.3) is 0 Å². The van der Waals surface area contributed by atoms with Crippen molar-refractivity contribution >= 4 is 5.91 Å². The van der Waals surface area contributed by atoms with E-state index in [1.54, 1.807) is 0 Å². The number of likely N-dealkylation sites (N-methyl/N-ethyl adjacent to an activating group) is 1. The molecule has 1 amide bonds. The van der Waals surface area contributed by atoms with Crippen molar-refractivity contribution in [2.24, 2.45) is 5.92 Å². The van der Waals surface area contributed by atoms with Crippen molar-refractivity contribution in [1.29, 1.82) is 0 Å². The first-order valence-corrected chi connectivity index (χ1v) is 7.04. The van der Waals surface area contributed by atoms with Gasteiger partial charge in [0, 0.05) is 32.2 Å². The molecule has 0 saturated carbocycles. The van der Waals surface area contributed by atoms with E-state index in [9.17, 15) is 4.79 Å². The van der Waals surface area contributed by atoms with E-state index in [2.05, 4.69) is 10.1 Å². The van der Waals surface area contributed by atoms with E-state index in [1.807, 2.05) is 25.8 Å². The van der Waals surface area contributed by atoms with Gasteiger partial charge in [0.15, 0.2) is 0 Å². The summed E-state index contributed by atoms with van der Waals surface area (Å²) in [6.07, 6.45) is 0. The minimum absolute atomic E-state index is 0.0621. The Bertz CT molecular complexity index is 494. The first kappa shape index (κ1) is 13.6. The van der Waals surface area contributed by atoms with Gasteiger partial charge in [0.05, 0.1) is 30.9 Å². The molecule has 3 heterocycles. The molecule has 2 aliphatic heterocycles. The van der Waals surface area contributed by atoms with E-state index in [-0.39, 0.29) is 17.9 Å². The van der Waals surface area contributed by atoms with Crippen molar-refractivity contribution in [3.63, 3.8) is 0 Å². The molecule has 0 radical (unpaired) electrons. The van der Waals surface area contributed by atoms with Gasteiger partial charge in [-0.2, -0.15) is 0 Å². The highest BCUT2D eigenvalue weighted by Crippen LogP contribution is 2.23. The predicted octanol–water partition coefficient (Wildman–Crippen LogP) is 0.580. The Labute approximate surface area is 118 Å². The molecule has 0 aliphatic carbocycles. The molecule has 0 N–H and O–H groups in total. The SMILES string of the molecule is Cc1noc(C)c1CN1C[C@@H]2COC[C@H](C1)N(C)C2=O. The number of carbonyl (C=O) groups excluding carboxylic acids is 1. The fraction of sp³-hybridized carbons (Fsp3) is 0.714. The summed E-state index contributed by atoms with van der Waals surface area (Å²) in [5.74, 6) is 1.01. The molecule has 2 bridgehead atoms. The second kappa shape index (κ2) is 5.18. The third-order valence-electron chi connectivity index (χ3n) is 4.38. The molecule has 1 aromatic rings. The Kier molecular flexibility index (Phi) is 3.52. The van der Waals surface area contributed by atoms with E-state index in [4.69, 9.17) is 9.26 Å². The van der Waals surface area contributed by atoms with Crippen molar-refractivity contribution in [3.05, 3.63) is 17.0 Å². The standard InChI is InChI=1S/C14H21N3O3/c1-9-13(10(2)20-15-9)6-17-4-11-7-19-8-12(5-17)16(3)14(11)18/h11-12H,4-8H2,1-3H3/t11-,12+/m1/s1. The Balaban J connectivity index is 1.80. The highest BCUT2D eigenvalue weighted by molar-refractivity contribution is 5.79. The van der Waals surface area contributed by atoms with E-state index >= 15 is 0 Å². The first-order valence-electron chi connectivity index (χ1n) is 7.04. The summed E-state index contributed by atoms with van der Waals surface area (Å²) in [5, 5.41) is 4.00. The minimum Gasteiger partial charge on any atom is -0.378 e. The van der Waals surface area contributed by atoms with Crippen molar-refractivity contribution < 1.29 is 14.1 Å². The number of nitrogens with zero attached hydrogens (tertiary/aromatic N) is 3. The molecule has 1 aromatic heterocycles. The zero-order chi connectivity index (χ0) is 14.3. The van der Waals surface area contributed by atoms with Gasteiger partial charge in [-0.3, -0.25) is 9.69 Å². The second-order valence-electron chi connectivity index (χ2n) is 5.83. The number of aromatic nitrogens is 1. The van der Waals surface area contributed by atoms with Crippen LogP contribution in [0.15, 0.2) is 4.52 Å². The maximum absolute atomic E-state index is 12.3.